The number of non-ortho nitro benzene ring substituents is 1. The number of carbonyl (C=O) groups excluding carboxylic acids is 1. The largest absolute Gasteiger partial charge is 0.496 e. The van der Waals surface area contributed by atoms with Crippen LogP contribution in [0.1, 0.15) is 16.7 Å². The normalized spacial score (nSPS) is 10.2. The lowest BCUT2D eigenvalue weighted by Crippen LogP contribution is -2.15. The molecule has 2 aromatic carbocycles. The van der Waals surface area contributed by atoms with Crippen LogP contribution in [0.2, 0.25) is 0 Å². The number of nitrogens with zero attached hydrogens (tertiary/aromatic N) is 1. The van der Waals surface area contributed by atoms with E-state index in [-0.39, 0.29) is 18.0 Å². The van der Waals surface area contributed by atoms with Gasteiger partial charge in [-0.05, 0) is 36.6 Å². The van der Waals surface area contributed by atoms with Crippen LogP contribution in [-0.4, -0.2) is 17.9 Å². The molecule has 0 heterocycles. The average Bonchev–Trinajstić information content (AvgIpc) is 2.49. The van der Waals surface area contributed by atoms with Gasteiger partial charge in [0.15, 0.2) is 0 Å². The van der Waals surface area contributed by atoms with Crippen LogP contribution < -0.4 is 10.1 Å². The fourth-order valence-electron chi connectivity index (χ4n) is 2.29. The van der Waals surface area contributed by atoms with Crippen molar-refractivity contribution in [2.45, 2.75) is 20.3 Å². The highest BCUT2D eigenvalue weighted by Crippen LogP contribution is 2.23. The molecule has 0 bridgehead atoms. The zero-order valence-electron chi connectivity index (χ0n) is 13.3. The summed E-state index contributed by atoms with van der Waals surface area (Å²) in [6, 6.07) is 9.93. The van der Waals surface area contributed by atoms with Gasteiger partial charge in [-0.3, -0.25) is 14.9 Å². The highest BCUT2D eigenvalue weighted by molar-refractivity contribution is 5.93. The maximum Gasteiger partial charge on any atom is 0.271 e. The Morgan fingerprint density at radius 2 is 1.91 bits per heavy atom. The molecule has 0 aliphatic carbocycles. The van der Waals surface area contributed by atoms with Crippen LogP contribution >= 0.6 is 0 Å². The fraction of sp³-hybridized carbons (Fsp3) is 0.235. The molecule has 0 aromatic heterocycles. The Hall–Kier alpha value is -2.89. The zero-order chi connectivity index (χ0) is 17.0. The Balaban J connectivity index is 2.12. The maximum atomic E-state index is 12.2. The first kappa shape index (κ1) is 16.5. The highest BCUT2D eigenvalue weighted by atomic mass is 16.6. The van der Waals surface area contributed by atoms with Crippen LogP contribution in [0, 0.1) is 24.0 Å². The number of carbonyl (C=O) groups is 1. The van der Waals surface area contributed by atoms with Crippen LogP contribution in [0.3, 0.4) is 0 Å². The van der Waals surface area contributed by atoms with Gasteiger partial charge >= 0.3 is 0 Å². The lowest BCUT2D eigenvalue weighted by atomic mass is 10.1. The second-order valence-corrected chi connectivity index (χ2v) is 5.29. The van der Waals surface area contributed by atoms with E-state index >= 15 is 0 Å². The molecule has 0 spiro atoms. The minimum Gasteiger partial charge on any atom is -0.496 e. The van der Waals surface area contributed by atoms with Crippen LogP contribution in [-0.2, 0) is 11.2 Å². The summed E-state index contributed by atoms with van der Waals surface area (Å²) in [5.41, 5.74) is 2.98. The molecule has 0 radical (unpaired) electrons. The third-order valence-corrected chi connectivity index (χ3v) is 3.53. The van der Waals surface area contributed by atoms with Crippen molar-refractivity contribution in [3.05, 3.63) is 63.2 Å². The van der Waals surface area contributed by atoms with Crippen molar-refractivity contribution >= 4 is 17.3 Å². The number of nitro groups is 1. The Kier molecular flexibility index (Phi) is 4.95. The number of nitrogens with one attached hydrogen (secondary N) is 1. The minimum atomic E-state index is -0.484. The summed E-state index contributed by atoms with van der Waals surface area (Å²) in [5, 5.41) is 13.5. The monoisotopic (exact) mass is 314 g/mol. The molecule has 0 aliphatic heterocycles. The van der Waals surface area contributed by atoms with Crippen LogP contribution in [0.4, 0.5) is 11.4 Å². The summed E-state index contributed by atoms with van der Waals surface area (Å²) in [4.78, 5) is 22.5. The molecule has 1 N–H and O–H groups in total. The molecule has 0 aliphatic rings. The van der Waals surface area contributed by atoms with Crippen LogP contribution in [0.25, 0.3) is 0 Å². The minimum absolute atomic E-state index is 0.0498. The third kappa shape index (κ3) is 4.06. The van der Waals surface area contributed by atoms with E-state index in [2.05, 4.69) is 5.32 Å². The van der Waals surface area contributed by atoms with Crippen molar-refractivity contribution in [2.24, 2.45) is 0 Å². The van der Waals surface area contributed by atoms with E-state index in [0.29, 0.717) is 5.69 Å². The van der Waals surface area contributed by atoms with Gasteiger partial charge in [0.2, 0.25) is 5.91 Å². The van der Waals surface area contributed by atoms with Crippen LogP contribution in [0.15, 0.2) is 36.4 Å². The Morgan fingerprint density at radius 1 is 1.17 bits per heavy atom. The summed E-state index contributed by atoms with van der Waals surface area (Å²) in [6.45, 7) is 3.70. The van der Waals surface area contributed by atoms with Crippen molar-refractivity contribution in [3.63, 3.8) is 0 Å². The molecular weight excluding hydrogens is 296 g/mol. The number of benzene rings is 2. The number of amides is 1. The van der Waals surface area contributed by atoms with Gasteiger partial charge in [0.1, 0.15) is 5.75 Å². The van der Waals surface area contributed by atoms with Crippen molar-refractivity contribution < 1.29 is 14.5 Å². The number of hydrogen-bond donors (Lipinski definition) is 1. The molecular formula is C17H18N2O4. The van der Waals surface area contributed by atoms with Gasteiger partial charge < -0.3 is 10.1 Å². The number of nitro benzene ring substituents is 1. The topological polar surface area (TPSA) is 81.5 Å². The van der Waals surface area contributed by atoms with Gasteiger partial charge in [0.25, 0.3) is 5.69 Å². The molecule has 0 fully saturated rings. The summed E-state index contributed by atoms with van der Waals surface area (Å²) in [5.74, 6) is 0.543. The lowest BCUT2D eigenvalue weighted by molar-refractivity contribution is -0.384. The molecule has 6 nitrogen and oxygen atoms in total. The van der Waals surface area contributed by atoms with Gasteiger partial charge in [-0.2, -0.15) is 0 Å². The third-order valence-electron chi connectivity index (χ3n) is 3.53. The average molecular weight is 314 g/mol. The Labute approximate surface area is 134 Å². The number of rotatable bonds is 5. The summed E-state index contributed by atoms with van der Waals surface area (Å²) < 4.78 is 5.19. The molecule has 6 heteroatoms. The molecule has 2 rings (SSSR count). The van der Waals surface area contributed by atoms with Gasteiger partial charge in [0.05, 0.1) is 24.1 Å². The number of hydrogen-bond acceptors (Lipinski definition) is 4. The number of anilines is 1. The molecule has 23 heavy (non-hydrogen) atoms. The molecule has 0 atom stereocenters. The van der Waals surface area contributed by atoms with E-state index in [4.69, 9.17) is 4.74 Å². The van der Waals surface area contributed by atoms with E-state index in [1.807, 2.05) is 25.1 Å². The van der Waals surface area contributed by atoms with E-state index < -0.39 is 4.92 Å². The standard InChI is InChI=1S/C17H18N2O4/c1-11-4-6-14(19(21)22)10-15(11)18-17(20)9-13-5-7-16(23-3)12(2)8-13/h4-8,10H,9H2,1-3H3,(H,18,20). The SMILES string of the molecule is COc1ccc(CC(=O)Nc2cc([N+](=O)[O-])ccc2C)cc1C. The number of ether oxygens (including phenoxy) is 1. The maximum absolute atomic E-state index is 12.2. The highest BCUT2D eigenvalue weighted by Gasteiger charge is 2.12. The first-order valence-electron chi connectivity index (χ1n) is 7.09. The van der Waals surface area contributed by atoms with Gasteiger partial charge in [-0.1, -0.05) is 18.2 Å². The quantitative estimate of drug-likeness (QED) is 0.677. The fourth-order valence-corrected chi connectivity index (χ4v) is 2.29. The van der Waals surface area contributed by atoms with E-state index in [0.717, 1.165) is 22.4 Å². The van der Waals surface area contributed by atoms with Crippen molar-refractivity contribution in [1.82, 2.24) is 0 Å². The zero-order valence-corrected chi connectivity index (χ0v) is 13.3. The van der Waals surface area contributed by atoms with Gasteiger partial charge in [-0.25, -0.2) is 0 Å². The predicted molar refractivity (Wildman–Crippen MR) is 87.9 cm³/mol. The lowest BCUT2D eigenvalue weighted by Gasteiger charge is -2.10. The Morgan fingerprint density at radius 3 is 2.52 bits per heavy atom. The smallest absolute Gasteiger partial charge is 0.271 e. The molecule has 0 saturated carbocycles. The summed E-state index contributed by atoms with van der Waals surface area (Å²) in [6.07, 6.45) is 0.187. The van der Waals surface area contributed by atoms with E-state index in [1.54, 1.807) is 20.1 Å². The second-order valence-electron chi connectivity index (χ2n) is 5.29. The summed E-state index contributed by atoms with van der Waals surface area (Å²) >= 11 is 0. The van der Waals surface area contributed by atoms with Gasteiger partial charge in [-0.15, -0.1) is 0 Å². The van der Waals surface area contributed by atoms with Crippen LogP contribution in [0.5, 0.6) is 5.75 Å². The molecule has 0 saturated heterocycles. The molecule has 120 valence electrons. The van der Waals surface area contributed by atoms with Crippen molar-refractivity contribution in [2.75, 3.05) is 12.4 Å². The first-order valence-corrected chi connectivity index (χ1v) is 7.09. The van der Waals surface area contributed by atoms with E-state index in [9.17, 15) is 14.9 Å². The number of methoxy groups -OCH3 is 1. The van der Waals surface area contributed by atoms with Gasteiger partial charge in [0, 0.05) is 12.1 Å². The van der Waals surface area contributed by atoms with Crippen molar-refractivity contribution in [1.29, 1.82) is 0 Å². The van der Waals surface area contributed by atoms with Crippen molar-refractivity contribution in [3.8, 4) is 5.75 Å². The number of aryl methyl sites for hydroxylation is 2. The van der Waals surface area contributed by atoms with E-state index in [1.165, 1.54) is 12.1 Å². The molecule has 2 aromatic rings. The molecule has 1 amide bonds. The predicted octanol–water partition coefficient (Wildman–Crippen LogP) is 3.40. The Bertz CT molecular complexity index is 756. The second kappa shape index (κ2) is 6.91. The summed E-state index contributed by atoms with van der Waals surface area (Å²) in [7, 11) is 1.60. The first-order chi connectivity index (χ1) is 10.9. The molecule has 0 unspecified atom stereocenters.